The van der Waals surface area contributed by atoms with E-state index in [2.05, 4.69) is 41.5 Å². The van der Waals surface area contributed by atoms with E-state index in [1.54, 1.807) is 7.11 Å². The van der Waals surface area contributed by atoms with Gasteiger partial charge in [0, 0.05) is 17.8 Å². The molecule has 104 valence electrons. The Labute approximate surface area is 115 Å². The first-order valence-electron chi connectivity index (χ1n) is 7.39. The van der Waals surface area contributed by atoms with Crippen LogP contribution in [-0.4, -0.2) is 32.8 Å². The third-order valence-corrected chi connectivity index (χ3v) is 4.69. The zero-order valence-corrected chi connectivity index (χ0v) is 11.9. The van der Waals surface area contributed by atoms with Crippen molar-refractivity contribution in [2.24, 2.45) is 5.92 Å². The minimum absolute atomic E-state index is 0.741. The van der Waals surface area contributed by atoms with Crippen molar-refractivity contribution in [1.82, 2.24) is 5.32 Å². The summed E-state index contributed by atoms with van der Waals surface area (Å²) < 4.78 is 5.25. The molecule has 2 atom stereocenters. The van der Waals surface area contributed by atoms with Crippen molar-refractivity contribution in [2.75, 3.05) is 25.6 Å². The fourth-order valence-electron chi connectivity index (χ4n) is 3.92. The molecule has 3 rings (SSSR count). The number of benzene rings is 1. The van der Waals surface area contributed by atoms with Crippen molar-refractivity contribution in [3.63, 3.8) is 0 Å². The smallest absolute Gasteiger partial charge is 0.119 e. The van der Waals surface area contributed by atoms with Crippen LogP contribution < -0.4 is 15.0 Å². The van der Waals surface area contributed by atoms with Gasteiger partial charge in [-0.15, -0.1) is 0 Å². The molecule has 2 bridgehead atoms. The number of rotatable bonds is 4. The van der Waals surface area contributed by atoms with Crippen LogP contribution in [0.3, 0.4) is 0 Å². The molecule has 0 aromatic heterocycles. The van der Waals surface area contributed by atoms with Crippen LogP contribution in [0.25, 0.3) is 0 Å². The third kappa shape index (κ3) is 2.44. The van der Waals surface area contributed by atoms with Crippen LogP contribution in [0.2, 0.25) is 0 Å². The van der Waals surface area contributed by atoms with E-state index in [0.717, 1.165) is 23.8 Å². The molecule has 1 aromatic carbocycles. The highest BCUT2D eigenvalue weighted by Crippen LogP contribution is 2.41. The first-order chi connectivity index (χ1) is 9.31. The molecule has 0 amide bonds. The zero-order chi connectivity index (χ0) is 13.2. The fourth-order valence-corrected chi connectivity index (χ4v) is 3.92. The van der Waals surface area contributed by atoms with Gasteiger partial charge >= 0.3 is 0 Å². The quantitative estimate of drug-likeness (QED) is 0.901. The first kappa shape index (κ1) is 12.8. The second kappa shape index (κ2) is 5.41. The Balaban J connectivity index is 1.75. The third-order valence-electron chi connectivity index (χ3n) is 4.69. The van der Waals surface area contributed by atoms with E-state index in [0.29, 0.717) is 0 Å². The maximum atomic E-state index is 5.25. The number of nitrogens with one attached hydrogen (secondary N) is 1. The van der Waals surface area contributed by atoms with E-state index >= 15 is 0 Å². The van der Waals surface area contributed by atoms with Crippen LogP contribution in [0, 0.1) is 5.92 Å². The van der Waals surface area contributed by atoms with Gasteiger partial charge in [0.25, 0.3) is 0 Å². The molecule has 2 aliphatic rings. The molecule has 0 aliphatic carbocycles. The Bertz CT molecular complexity index is 403. The van der Waals surface area contributed by atoms with Gasteiger partial charge in [0.2, 0.25) is 0 Å². The molecule has 2 heterocycles. The van der Waals surface area contributed by atoms with E-state index in [1.807, 2.05) is 0 Å². The lowest BCUT2D eigenvalue weighted by Crippen LogP contribution is -2.44. The Morgan fingerprint density at radius 1 is 1.16 bits per heavy atom. The Morgan fingerprint density at radius 3 is 2.32 bits per heavy atom. The van der Waals surface area contributed by atoms with Crippen LogP contribution in [0.4, 0.5) is 5.69 Å². The minimum atomic E-state index is 0.741. The predicted octanol–water partition coefficient (Wildman–Crippen LogP) is 2.66. The molecular formula is C16H24N2O. The molecule has 3 heteroatoms. The monoisotopic (exact) mass is 260 g/mol. The lowest BCUT2D eigenvalue weighted by atomic mass is 9.90. The van der Waals surface area contributed by atoms with Crippen molar-refractivity contribution in [2.45, 2.75) is 37.8 Å². The zero-order valence-electron chi connectivity index (χ0n) is 11.9. The van der Waals surface area contributed by atoms with Crippen LogP contribution in [-0.2, 0) is 0 Å². The molecule has 0 saturated carbocycles. The number of ether oxygens (including phenoxy) is 1. The van der Waals surface area contributed by atoms with Crippen molar-refractivity contribution in [3.05, 3.63) is 24.3 Å². The average molecular weight is 260 g/mol. The van der Waals surface area contributed by atoms with Gasteiger partial charge in [-0.1, -0.05) is 0 Å². The second-order valence-corrected chi connectivity index (χ2v) is 5.89. The minimum Gasteiger partial charge on any atom is -0.497 e. The van der Waals surface area contributed by atoms with Gasteiger partial charge in [-0.2, -0.15) is 0 Å². The van der Waals surface area contributed by atoms with Gasteiger partial charge in [-0.3, -0.25) is 0 Å². The van der Waals surface area contributed by atoms with Gasteiger partial charge < -0.3 is 15.0 Å². The van der Waals surface area contributed by atoms with Crippen LogP contribution >= 0.6 is 0 Å². The molecule has 1 aromatic rings. The summed E-state index contributed by atoms with van der Waals surface area (Å²) in [5.41, 5.74) is 1.37. The van der Waals surface area contributed by atoms with Crippen LogP contribution in [0.15, 0.2) is 24.3 Å². The number of anilines is 1. The molecule has 1 N–H and O–H groups in total. The molecule has 2 saturated heterocycles. The van der Waals surface area contributed by atoms with Gasteiger partial charge in [0.15, 0.2) is 0 Å². The standard InChI is InChI=1S/C16H24N2O/c1-17-11-12-9-14-3-4-15(10-12)18(14)13-5-7-16(19-2)8-6-13/h5-8,12,14-15,17H,3-4,9-11H2,1-2H3. The van der Waals surface area contributed by atoms with E-state index in [9.17, 15) is 0 Å². The molecule has 0 spiro atoms. The van der Waals surface area contributed by atoms with Gasteiger partial charge in [-0.25, -0.2) is 0 Å². The van der Waals surface area contributed by atoms with Crippen molar-refractivity contribution >= 4 is 5.69 Å². The van der Waals surface area contributed by atoms with Crippen molar-refractivity contribution in [1.29, 1.82) is 0 Å². The predicted molar refractivity (Wildman–Crippen MR) is 78.9 cm³/mol. The number of piperidine rings is 1. The summed E-state index contributed by atoms with van der Waals surface area (Å²) in [7, 11) is 3.79. The SMILES string of the molecule is CNCC1CC2CCC(C1)N2c1ccc(OC)cc1. The summed E-state index contributed by atoms with van der Waals surface area (Å²) in [5, 5.41) is 3.34. The highest BCUT2D eigenvalue weighted by molar-refractivity contribution is 5.52. The lowest BCUT2D eigenvalue weighted by molar-refractivity contribution is 0.332. The number of methoxy groups -OCH3 is 1. The van der Waals surface area contributed by atoms with Crippen molar-refractivity contribution in [3.8, 4) is 5.75 Å². The summed E-state index contributed by atoms with van der Waals surface area (Å²) in [6.07, 6.45) is 5.39. The van der Waals surface area contributed by atoms with Crippen molar-refractivity contribution < 1.29 is 4.74 Å². The van der Waals surface area contributed by atoms with E-state index < -0.39 is 0 Å². The van der Waals surface area contributed by atoms with Gasteiger partial charge in [0.1, 0.15) is 5.75 Å². The van der Waals surface area contributed by atoms with Crippen LogP contribution in [0.5, 0.6) is 5.75 Å². The molecule has 2 fully saturated rings. The molecule has 19 heavy (non-hydrogen) atoms. The maximum Gasteiger partial charge on any atom is 0.119 e. The molecule has 3 nitrogen and oxygen atoms in total. The van der Waals surface area contributed by atoms with Crippen LogP contribution in [0.1, 0.15) is 25.7 Å². The topological polar surface area (TPSA) is 24.5 Å². The Morgan fingerprint density at radius 2 is 1.79 bits per heavy atom. The number of fused-ring (bicyclic) bond motifs is 2. The first-order valence-corrected chi connectivity index (χ1v) is 7.39. The largest absolute Gasteiger partial charge is 0.497 e. The summed E-state index contributed by atoms with van der Waals surface area (Å²) in [6, 6.07) is 10.1. The Kier molecular flexibility index (Phi) is 3.65. The maximum absolute atomic E-state index is 5.25. The van der Waals surface area contributed by atoms with E-state index in [4.69, 9.17) is 4.74 Å². The summed E-state index contributed by atoms with van der Waals surface area (Å²) in [6.45, 7) is 1.17. The summed E-state index contributed by atoms with van der Waals surface area (Å²) >= 11 is 0. The molecular weight excluding hydrogens is 236 g/mol. The van der Waals surface area contributed by atoms with Gasteiger partial charge in [0.05, 0.1) is 7.11 Å². The average Bonchev–Trinajstić information content (AvgIpc) is 2.71. The Hall–Kier alpha value is -1.22. The molecule has 0 radical (unpaired) electrons. The number of hydrogen-bond acceptors (Lipinski definition) is 3. The van der Waals surface area contributed by atoms with E-state index in [-0.39, 0.29) is 0 Å². The highest BCUT2D eigenvalue weighted by Gasteiger charge is 2.40. The molecule has 2 aliphatic heterocycles. The number of hydrogen-bond donors (Lipinski definition) is 1. The van der Waals surface area contributed by atoms with Gasteiger partial charge in [-0.05, 0) is 69.5 Å². The normalized spacial score (nSPS) is 29.6. The van der Waals surface area contributed by atoms with E-state index in [1.165, 1.54) is 37.9 Å². The fraction of sp³-hybridized carbons (Fsp3) is 0.625. The summed E-state index contributed by atoms with van der Waals surface area (Å²) in [4.78, 5) is 2.66. The number of nitrogens with zero attached hydrogens (tertiary/aromatic N) is 1. The highest BCUT2D eigenvalue weighted by atomic mass is 16.5. The molecule has 2 unspecified atom stereocenters. The second-order valence-electron chi connectivity index (χ2n) is 5.89. The summed E-state index contributed by atoms with van der Waals surface area (Å²) in [5.74, 6) is 1.80. The lowest BCUT2D eigenvalue weighted by Gasteiger charge is -2.40.